The average molecular weight is 280 g/mol. The Morgan fingerprint density at radius 2 is 2.15 bits per heavy atom. The Morgan fingerprint density at radius 3 is 2.75 bits per heavy atom. The molecule has 0 atom stereocenters. The van der Waals surface area contributed by atoms with Gasteiger partial charge in [0.1, 0.15) is 12.4 Å². The minimum absolute atomic E-state index is 0.0705. The van der Waals surface area contributed by atoms with Crippen molar-refractivity contribution in [3.8, 4) is 0 Å². The zero-order chi connectivity index (χ0) is 14.7. The first-order chi connectivity index (χ1) is 9.45. The lowest BCUT2D eigenvalue weighted by Crippen LogP contribution is -2.40. The lowest BCUT2D eigenvalue weighted by molar-refractivity contribution is -0.137. The molecule has 0 aromatic heterocycles. The zero-order valence-corrected chi connectivity index (χ0v) is 11.2. The molecule has 20 heavy (non-hydrogen) atoms. The fourth-order valence-electron chi connectivity index (χ4n) is 1.92. The SMILES string of the molecule is Cc1ccc(F)c(NC(=O)N(CC(=O)O)CC2CC2)c1. The predicted molar refractivity (Wildman–Crippen MR) is 72.1 cm³/mol. The van der Waals surface area contributed by atoms with Crippen LogP contribution in [0.15, 0.2) is 18.2 Å². The zero-order valence-electron chi connectivity index (χ0n) is 11.2. The number of halogens is 1. The van der Waals surface area contributed by atoms with E-state index in [4.69, 9.17) is 5.11 Å². The summed E-state index contributed by atoms with van der Waals surface area (Å²) in [6.07, 6.45) is 2.00. The number of nitrogens with one attached hydrogen (secondary N) is 1. The number of aliphatic carboxylic acids is 1. The number of anilines is 1. The normalized spacial score (nSPS) is 13.9. The van der Waals surface area contributed by atoms with Crippen molar-refractivity contribution in [2.75, 3.05) is 18.4 Å². The summed E-state index contributed by atoms with van der Waals surface area (Å²) in [4.78, 5) is 24.1. The number of hydrogen-bond donors (Lipinski definition) is 2. The lowest BCUT2D eigenvalue weighted by atomic mass is 10.2. The molecule has 0 spiro atoms. The van der Waals surface area contributed by atoms with Gasteiger partial charge in [0.2, 0.25) is 0 Å². The third kappa shape index (κ3) is 3.94. The van der Waals surface area contributed by atoms with Gasteiger partial charge in [0.25, 0.3) is 0 Å². The first-order valence-electron chi connectivity index (χ1n) is 6.49. The molecule has 1 aliphatic rings. The molecule has 0 bridgehead atoms. The Balaban J connectivity index is 2.06. The van der Waals surface area contributed by atoms with Crippen molar-refractivity contribution in [2.24, 2.45) is 5.92 Å². The van der Waals surface area contributed by atoms with Gasteiger partial charge >= 0.3 is 12.0 Å². The summed E-state index contributed by atoms with van der Waals surface area (Å²) >= 11 is 0. The second kappa shape index (κ2) is 5.90. The van der Waals surface area contributed by atoms with E-state index in [9.17, 15) is 14.0 Å². The number of carboxylic acid groups (broad SMARTS) is 1. The van der Waals surface area contributed by atoms with Crippen molar-refractivity contribution in [1.29, 1.82) is 0 Å². The molecule has 0 aliphatic heterocycles. The summed E-state index contributed by atoms with van der Waals surface area (Å²) in [7, 11) is 0. The molecule has 108 valence electrons. The monoisotopic (exact) mass is 280 g/mol. The van der Waals surface area contributed by atoms with E-state index >= 15 is 0 Å². The van der Waals surface area contributed by atoms with E-state index in [-0.39, 0.29) is 12.2 Å². The highest BCUT2D eigenvalue weighted by Crippen LogP contribution is 2.30. The highest BCUT2D eigenvalue weighted by Gasteiger charge is 2.28. The van der Waals surface area contributed by atoms with E-state index in [1.807, 2.05) is 0 Å². The van der Waals surface area contributed by atoms with Gasteiger partial charge in [-0.15, -0.1) is 0 Å². The fourth-order valence-corrected chi connectivity index (χ4v) is 1.92. The molecule has 2 amide bonds. The van der Waals surface area contributed by atoms with Crippen LogP contribution in [0.5, 0.6) is 0 Å². The molecule has 2 N–H and O–H groups in total. The highest BCUT2D eigenvalue weighted by atomic mass is 19.1. The first kappa shape index (κ1) is 14.3. The van der Waals surface area contributed by atoms with E-state index in [0.717, 1.165) is 18.4 Å². The molecule has 1 fully saturated rings. The van der Waals surface area contributed by atoms with Crippen LogP contribution in [0.2, 0.25) is 0 Å². The number of rotatable bonds is 5. The number of urea groups is 1. The number of amides is 2. The molecular formula is C14H17FN2O3. The van der Waals surface area contributed by atoms with Gasteiger partial charge < -0.3 is 15.3 Å². The van der Waals surface area contributed by atoms with Gasteiger partial charge in [0.15, 0.2) is 0 Å². The quantitative estimate of drug-likeness (QED) is 0.870. The van der Waals surface area contributed by atoms with Gasteiger partial charge in [0, 0.05) is 6.54 Å². The van der Waals surface area contributed by atoms with Gasteiger partial charge in [-0.3, -0.25) is 4.79 Å². The van der Waals surface area contributed by atoms with Gasteiger partial charge in [-0.05, 0) is 43.4 Å². The van der Waals surface area contributed by atoms with Gasteiger partial charge in [-0.25, -0.2) is 9.18 Å². The number of aryl methyl sites for hydroxylation is 1. The third-order valence-corrected chi connectivity index (χ3v) is 3.15. The second-order valence-corrected chi connectivity index (χ2v) is 5.13. The summed E-state index contributed by atoms with van der Waals surface area (Å²) in [6.45, 7) is 1.80. The van der Waals surface area contributed by atoms with Crippen LogP contribution in [0, 0.1) is 18.7 Å². The molecule has 0 saturated heterocycles. The summed E-state index contributed by atoms with van der Waals surface area (Å²) in [5.74, 6) is -1.25. The van der Waals surface area contributed by atoms with E-state index in [1.54, 1.807) is 13.0 Å². The number of carbonyl (C=O) groups excluding carboxylic acids is 1. The summed E-state index contributed by atoms with van der Waals surface area (Å²) in [6, 6.07) is 3.81. The maximum atomic E-state index is 13.6. The number of carboxylic acids is 1. The van der Waals surface area contributed by atoms with Crippen molar-refractivity contribution in [2.45, 2.75) is 19.8 Å². The molecule has 2 rings (SSSR count). The summed E-state index contributed by atoms with van der Waals surface area (Å²) in [5.41, 5.74) is 0.884. The van der Waals surface area contributed by atoms with Crippen molar-refractivity contribution in [3.63, 3.8) is 0 Å². The van der Waals surface area contributed by atoms with Gasteiger partial charge in [-0.1, -0.05) is 6.07 Å². The van der Waals surface area contributed by atoms with E-state index in [0.29, 0.717) is 12.5 Å². The van der Waals surface area contributed by atoms with Crippen molar-refractivity contribution >= 4 is 17.7 Å². The smallest absolute Gasteiger partial charge is 0.323 e. The number of hydrogen-bond acceptors (Lipinski definition) is 2. The third-order valence-electron chi connectivity index (χ3n) is 3.15. The molecule has 6 heteroatoms. The summed E-state index contributed by atoms with van der Waals surface area (Å²) < 4.78 is 13.6. The molecule has 1 aromatic carbocycles. The molecule has 1 aromatic rings. The maximum Gasteiger partial charge on any atom is 0.323 e. The minimum Gasteiger partial charge on any atom is -0.480 e. The van der Waals surface area contributed by atoms with E-state index < -0.39 is 17.8 Å². The molecular weight excluding hydrogens is 263 g/mol. The lowest BCUT2D eigenvalue weighted by Gasteiger charge is -2.21. The Kier molecular flexibility index (Phi) is 4.22. The van der Waals surface area contributed by atoms with Gasteiger partial charge in [0.05, 0.1) is 5.69 Å². The number of nitrogens with zero attached hydrogens (tertiary/aromatic N) is 1. The minimum atomic E-state index is -1.08. The molecule has 0 radical (unpaired) electrons. The van der Waals surface area contributed by atoms with Gasteiger partial charge in [-0.2, -0.15) is 0 Å². The number of benzene rings is 1. The van der Waals surface area contributed by atoms with Crippen LogP contribution in [0.1, 0.15) is 18.4 Å². The van der Waals surface area contributed by atoms with E-state index in [2.05, 4.69) is 5.32 Å². The average Bonchev–Trinajstić information content (AvgIpc) is 3.16. The Bertz CT molecular complexity index is 529. The highest BCUT2D eigenvalue weighted by molar-refractivity contribution is 5.91. The molecule has 1 saturated carbocycles. The maximum absolute atomic E-state index is 13.6. The van der Waals surface area contributed by atoms with Crippen LogP contribution >= 0.6 is 0 Å². The van der Waals surface area contributed by atoms with Crippen molar-refractivity contribution in [1.82, 2.24) is 4.90 Å². The van der Waals surface area contributed by atoms with Crippen molar-refractivity contribution in [3.05, 3.63) is 29.6 Å². The van der Waals surface area contributed by atoms with Crippen LogP contribution in [0.25, 0.3) is 0 Å². The Morgan fingerprint density at radius 1 is 1.45 bits per heavy atom. The van der Waals surface area contributed by atoms with Crippen LogP contribution in [-0.4, -0.2) is 35.1 Å². The number of carbonyl (C=O) groups is 2. The standard InChI is InChI=1S/C14H17FN2O3/c1-9-2-5-11(15)12(6-9)16-14(20)17(8-13(18)19)7-10-3-4-10/h2,5-6,10H,3-4,7-8H2,1H3,(H,16,20)(H,18,19). The first-order valence-corrected chi connectivity index (χ1v) is 6.49. The molecule has 5 nitrogen and oxygen atoms in total. The van der Waals surface area contributed by atoms with E-state index in [1.165, 1.54) is 17.0 Å². The summed E-state index contributed by atoms with van der Waals surface area (Å²) in [5, 5.41) is 11.3. The Hall–Kier alpha value is -2.11. The fraction of sp³-hybridized carbons (Fsp3) is 0.429. The molecule has 1 aliphatic carbocycles. The van der Waals surface area contributed by atoms with Crippen LogP contribution in [-0.2, 0) is 4.79 Å². The van der Waals surface area contributed by atoms with Crippen LogP contribution in [0.4, 0.5) is 14.9 Å². The van der Waals surface area contributed by atoms with Crippen molar-refractivity contribution < 1.29 is 19.1 Å². The Labute approximate surface area is 116 Å². The largest absolute Gasteiger partial charge is 0.480 e. The second-order valence-electron chi connectivity index (χ2n) is 5.13. The molecule has 0 heterocycles. The van der Waals surface area contributed by atoms with Crippen LogP contribution < -0.4 is 5.32 Å². The molecule has 0 unspecified atom stereocenters. The van der Waals surface area contributed by atoms with Crippen LogP contribution in [0.3, 0.4) is 0 Å². The topological polar surface area (TPSA) is 69.6 Å². The predicted octanol–water partition coefficient (Wildman–Crippen LogP) is 2.46.